The van der Waals surface area contributed by atoms with Crippen molar-refractivity contribution in [1.29, 1.82) is 0 Å². The first-order valence-corrected chi connectivity index (χ1v) is 9.91. The molecule has 3 aromatic rings. The van der Waals surface area contributed by atoms with Crippen LogP contribution in [0.25, 0.3) is 0 Å². The lowest BCUT2D eigenvalue weighted by Gasteiger charge is -2.17. The fraction of sp³-hybridized carbons (Fsp3) is 0.182. The minimum Gasteiger partial charge on any atom is -0.379 e. The second-order valence-corrected chi connectivity index (χ2v) is 7.49. The highest BCUT2D eigenvalue weighted by Gasteiger charge is 2.15. The molecule has 0 bridgehead atoms. The number of hydrogen-bond acceptors (Lipinski definition) is 4. The molecule has 0 aliphatic rings. The summed E-state index contributed by atoms with van der Waals surface area (Å²) in [5.74, 6) is -0.384. The predicted molar refractivity (Wildman–Crippen MR) is 115 cm³/mol. The fourth-order valence-corrected chi connectivity index (χ4v) is 3.52. The van der Waals surface area contributed by atoms with E-state index in [0.717, 1.165) is 5.69 Å². The Kier molecular flexibility index (Phi) is 6.45. The molecule has 1 aromatic heterocycles. The Hall–Kier alpha value is -3.12. The van der Waals surface area contributed by atoms with Crippen molar-refractivity contribution >= 4 is 34.5 Å². The normalized spacial score (nSPS) is 11.5. The summed E-state index contributed by atoms with van der Waals surface area (Å²) in [6.45, 7) is 2.10. The number of likely N-dealkylation sites (N-methyl/N-ethyl adjacent to an activating group) is 1. The Labute approximate surface area is 169 Å². The van der Waals surface area contributed by atoms with E-state index in [1.165, 1.54) is 21.8 Å². The molecule has 0 saturated carbocycles. The van der Waals surface area contributed by atoms with Crippen LogP contribution in [0.1, 0.15) is 28.2 Å². The van der Waals surface area contributed by atoms with Crippen LogP contribution in [0.5, 0.6) is 0 Å². The third-order valence-electron chi connectivity index (χ3n) is 4.31. The van der Waals surface area contributed by atoms with E-state index in [2.05, 4.69) is 29.7 Å². The summed E-state index contributed by atoms with van der Waals surface area (Å²) < 4.78 is 0. The van der Waals surface area contributed by atoms with Crippen molar-refractivity contribution in [2.75, 3.05) is 24.2 Å². The summed E-state index contributed by atoms with van der Waals surface area (Å²) in [6.07, 6.45) is 0. The first-order valence-electron chi connectivity index (χ1n) is 9.03. The van der Waals surface area contributed by atoms with E-state index in [0.29, 0.717) is 10.6 Å². The maximum Gasteiger partial charge on any atom is 0.264 e. The van der Waals surface area contributed by atoms with Crippen LogP contribution in [0.3, 0.4) is 0 Å². The average Bonchev–Trinajstić information content (AvgIpc) is 3.24. The molecule has 144 valence electrons. The number of hydrogen-bond donors (Lipinski definition) is 2. The van der Waals surface area contributed by atoms with Gasteiger partial charge < -0.3 is 15.5 Å². The number of benzene rings is 2. The Morgan fingerprint density at radius 1 is 0.964 bits per heavy atom. The lowest BCUT2D eigenvalue weighted by Crippen LogP contribution is -2.34. The number of rotatable bonds is 7. The first kappa shape index (κ1) is 19.6. The fourth-order valence-electron chi connectivity index (χ4n) is 2.80. The van der Waals surface area contributed by atoms with Crippen LogP contribution in [-0.4, -0.2) is 30.3 Å². The molecule has 2 aromatic carbocycles. The van der Waals surface area contributed by atoms with Crippen LogP contribution < -0.4 is 10.6 Å². The molecule has 6 heteroatoms. The first-order chi connectivity index (χ1) is 13.5. The summed E-state index contributed by atoms with van der Waals surface area (Å²) in [7, 11) is 1.62. The van der Waals surface area contributed by atoms with E-state index in [-0.39, 0.29) is 24.4 Å². The highest BCUT2D eigenvalue weighted by molar-refractivity contribution is 7.12. The molecule has 0 aliphatic heterocycles. The third-order valence-corrected chi connectivity index (χ3v) is 5.17. The number of nitrogens with zero attached hydrogens (tertiary/aromatic N) is 1. The molecule has 28 heavy (non-hydrogen) atoms. The molecule has 0 spiro atoms. The van der Waals surface area contributed by atoms with Crippen LogP contribution in [-0.2, 0) is 4.79 Å². The average molecular weight is 394 g/mol. The zero-order valence-electron chi connectivity index (χ0n) is 15.9. The van der Waals surface area contributed by atoms with Gasteiger partial charge in [-0.1, -0.05) is 36.4 Å². The third kappa shape index (κ3) is 5.20. The van der Waals surface area contributed by atoms with Gasteiger partial charge in [-0.3, -0.25) is 9.59 Å². The number of amides is 2. The van der Waals surface area contributed by atoms with Gasteiger partial charge >= 0.3 is 0 Å². The van der Waals surface area contributed by atoms with Crippen LogP contribution in [0.2, 0.25) is 0 Å². The molecule has 0 fully saturated rings. The van der Waals surface area contributed by atoms with E-state index >= 15 is 0 Å². The summed E-state index contributed by atoms with van der Waals surface area (Å²) in [6, 6.07) is 21.5. The van der Waals surface area contributed by atoms with E-state index in [4.69, 9.17) is 0 Å². The van der Waals surface area contributed by atoms with Crippen molar-refractivity contribution in [1.82, 2.24) is 4.90 Å². The lowest BCUT2D eigenvalue weighted by atomic mass is 10.1. The van der Waals surface area contributed by atoms with Gasteiger partial charge in [0.1, 0.15) is 0 Å². The van der Waals surface area contributed by atoms with Crippen LogP contribution in [0.4, 0.5) is 11.4 Å². The maximum atomic E-state index is 12.2. The highest BCUT2D eigenvalue weighted by atomic mass is 32.1. The molecule has 1 unspecified atom stereocenters. The summed E-state index contributed by atoms with van der Waals surface area (Å²) in [4.78, 5) is 26.5. The standard InChI is InChI=1S/C22H23N3O2S/c1-16(17-7-4-3-5-8-17)23-18-10-12-19(13-11-18)24-21(26)15-25(2)22(27)20-9-6-14-28-20/h3-14,16,23H,15H2,1-2H3,(H,24,26). The van der Waals surface area contributed by atoms with Gasteiger partial charge in [0, 0.05) is 24.5 Å². The Morgan fingerprint density at radius 2 is 1.64 bits per heavy atom. The number of carbonyl (C=O) groups is 2. The van der Waals surface area contributed by atoms with Gasteiger partial charge in [-0.05, 0) is 48.2 Å². The molecule has 0 aliphatic carbocycles. The van der Waals surface area contributed by atoms with Crippen LogP contribution >= 0.6 is 11.3 Å². The van der Waals surface area contributed by atoms with Crippen molar-refractivity contribution < 1.29 is 9.59 Å². The summed E-state index contributed by atoms with van der Waals surface area (Å²) in [5.41, 5.74) is 2.87. The van der Waals surface area contributed by atoms with Crippen molar-refractivity contribution in [3.05, 3.63) is 82.6 Å². The topological polar surface area (TPSA) is 61.4 Å². The summed E-state index contributed by atoms with van der Waals surface area (Å²) >= 11 is 1.37. The van der Waals surface area contributed by atoms with Gasteiger partial charge in [0.25, 0.3) is 5.91 Å². The van der Waals surface area contributed by atoms with Crippen LogP contribution in [0.15, 0.2) is 72.1 Å². The highest BCUT2D eigenvalue weighted by Crippen LogP contribution is 2.20. The minimum atomic E-state index is -0.231. The Morgan fingerprint density at radius 3 is 2.29 bits per heavy atom. The second-order valence-electron chi connectivity index (χ2n) is 6.54. The minimum absolute atomic E-state index is 0.00176. The van der Waals surface area contributed by atoms with Gasteiger partial charge in [0.2, 0.25) is 5.91 Å². The molecular weight excluding hydrogens is 370 g/mol. The molecular formula is C22H23N3O2S. The maximum absolute atomic E-state index is 12.2. The largest absolute Gasteiger partial charge is 0.379 e. The zero-order chi connectivity index (χ0) is 19.9. The number of thiophene rings is 1. The van der Waals surface area contributed by atoms with Crippen LogP contribution in [0, 0.1) is 0 Å². The summed E-state index contributed by atoms with van der Waals surface area (Å²) in [5, 5.41) is 8.11. The monoisotopic (exact) mass is 393 g/mol. The van der Waals surface area contributed by atoms with Crippen molar-refractivity contribution in [2.45, 2.75) is 13.0 Å². The number of carbonyl (C=O) groups excluding carboxylic acids is 2. The molecule has 0 saturated heterocycles. The smallest absolute Gasteiger partial charge is 0.264 e. The van der Waals surface area contributed by atoms with Crippen molar-refractivity contribution in [2.24, 2.45) is 0 Å². The lowest BCUT2D eigenvalue weighted by molar-refractivity contribution is -0.116. The van der Waals surface area contributed by atoms with Gasteiger partial charge in [-0.25, -0.2) is 0 Å². The molecule has 1 atom stereocenters. The van der Waals surface area contributed by atoms with E-state index in [1.54, 1.807) is 13.1 Å². The van der Waals surface area contributed by atoms with Gasteiger partial charge in [-0.15, -0.1) is 11.3 Å². The van der Waals surface area contributed by atoms with Crippen molar-refractivity contribution in [3.8, 4) is 0 Å². The van der Waals surface area contributed by atoms with E-state index in [9.17, 15) is 9.59 Å². The van der Waals surface area contributed by atoms with Gasteiger partial charge in [0.05, 0.1) is 11.4 Å². The Bertz CT molecular complexity index is 909. The number of nitrogens with one attached hydrogen (secondary N) is 2. The molecule has 2 N–H and O–H groups in total. The zero-order valence-corrected chi connectivity index (χ0v) is 16.7. The quantitative estimate of drug-likeness (QED) is 0.615. The van der Waals surface area contributed by atoms with E-state index in [1.807, 2.05) is 53.9 Å². The molecule has 2 amide bonds. The molecule has 3 rings (SSSR count). The van der Waals surface area contributed by atoms with Gasteiger partial charge in [0.15, 0.2) is 0 Å². The molecule has 0 radical (unpaired) electrons. The van der Waals surface area contributed by atoms with Crippen molar-refractivity contribution in [3.63, 3.8) is 0 Å². The van der Waals surface area contributed by atoms with Gasteiger partial charge in [-0.2, -0.15) is 0 Å². The number of anilines is 2. The SMILES string of the molecule is CC(Nc1ccc(NC(=O)CN(C)C(=O)c2cccs2)cc1)c1ccccc1. The molecule has 1 heterocycles. The second kappa shape index (κ2) is 9.19. The molecule has 5 nitrogen and oxygen atoms in total. The predicted octanol–water partition coefficient (Wildman–Crippen LogP) is 4.63. The van der Waals surface area contributed by atoms with E-state index < -0.39 is 0 Å². The Balaban J connectivity index is 1.52.